The number of rotatable bonds is 4. The molecule has 0 saturated heterocycles. The second-order valence-electron chi connectivity index (χ2n) is 7.28. The van der Waals surface area contributed by atoms with Crippen LogP contribution in [0.25, 0.3) is 0 Å². The quantitative estimate of drug-likeness (QED) is 0.659. The number of nitrogens with one attached hydrogen (secondary N) is 1. The SMILES string of the molecule is Cc1c2c(n(Cc3cccc(F)c3)c1C(=O)Nc1ccc(F)cc1)CCCC2. The fraction of sp³-hybridized carbons (Fsp3) is 0.261. The summed E-state index contributed by atoms with van der Waals surface area (Å²) in [5, 5.41) is 2.87. The van der Waals surface area contributed by atoms with Crippen molar-refractivity contribution >= 4 is 11.6 Å². The van der Waals surface area contributed by atoms with Crippen LogP contribution in [-0.4, -0.2) is 10.5 Å². The average molecular weight is 380 g/mol. The molecule has 1 aliphatic carbocycles. The highest BCUT2D eigenvalue weighted by molar-refractivity contribution is 6.04. The minimum atomic E-state index is -0.348. The maximum Gasteiger partial charge on any atom is 0.272 e. The van der Waals surface area contributed by atoms with Crippen LogP contribution in [0.5, 0.6) is 0 Å². The van der Waals surface area contributed by atoms with E-state index in [1.807, 2.05) is 17.6 Å². The smallest absolute Gasteiger partial charge is 0.272 e. The van der Waals surface area contributed by atoms with Crippen LogP contribution in [0, 0.1) is 18.6 Å². The van der Waals surface area contributed by atoms with Gasteiger partial charge in [0, 0.05) is 17.9 Å². The van der Waals surface area contributed by atoms with Gasteiger partial charge in [0.1, 0.15) is 17.3 Å². The topological polar surface area (TPSA) is 34.0 Å². The summed E-state index contributed by atoms with van der Waals surface area (Å²) < 4.78 is 28.9. The molecule has 1 heterocycles. The van der Waals surface area contributed by atoms with E-state index in [4.69, 9.17) is 0 Å². The van der Waals surface area contributed by atoms with Crippen LogP contribution in [-0.2, 0) is 19.4 Å². The van der Waals surface area contributed by atoms with Crippen LogP contribution in [0.1, 0.15) is 45.7 Å². The lowest BCUT2D eigenvalue weighted by Crippen LogP contribution is -2.20. The van der Waals surface area contributed by atoms with Gasteiger partial charge in [0.15, 0.2) is 0 Å². The van der Waals surface area contributed by atoms with Gasteiger partial charge in [0.25, 0.3) is 5.91 Å². The van der Waals surface area contributed by atoms with E-state index in [2.05, 4.69) is 5.32 Å². The van der Waals surface area contributed by atoms with E-state index in [9.17, 15) is 13.6 Å². The van der Waals surface area contributed by atoms with Crippen LogP contribution in [0.2, 0.25) is 0 Å². The molecule has 0 saturated carbocycles. The standard InChI is InChI=1S/C23H22F2N2O/c1-15-20-7-2-3-8-21(20)27(14-16-5-4-6-18(25)13-16)22(15)23(28)26-19-11-9-17(24)10-12-19/h4-6,9-13H,2-3,7-8,14H2,1H3,(H,26,28). The third kappa shape index (κ3) is 3.57. The number of carbonyl (C=O) groups is 1. The molecule has 4 rings (SSSR count). The number of nitrogens with zero attached hydrogens (tertiary/aromatic N) is 1. The number of aromatic nitrogens is 1. The Morgan fingerprint density at radius 2 is 1.79 bits per heavy atom. The van der Waals surface area contributed by atoms with Gasteiger partial charge in [0.2, 0.25) is 0 Å². The zero-order valence-electron chi connectivity index (χ0n) is 15.8. The molecule has 1 amide bonds. The molecule has 0 aliphatic heterocycles. The predicted octanol–water partition coefficient (Wildman–Crippen LogP) is 5.25. The second-order valence-corrected chi connectivity index (χ2v) is 7.28. The highest BCUT2D eigenvalue weighted by Gasteiger charge is 2.26. The predicted molar refractivity (Wildman–Crippen MR) is 106 cm³/mol. The molecule has 0 fully saturated rings. The molecule has 0 spiro atoms. The number of anilines is 1. The third-order valence-corrected chi connectivity index (χ3v) is 5.39. The number of hydrogen-bond acceptors (Lipinski definition) is 1. The summed E-state index contributed by atoms with van der Waals surface area (Å²) in [6, 6.07) is 12.2. The first-order valence-corrected chi connectivity index (χ1v) is 9.55. The van der Waals surface area contributed by atoms with E-state index in [-0.39, 0.29) is 17.5 Å². The van der Waals surface area contributed by atoms with Gasteiger partial charge in [0.05, 0.1) is 0 Å². The zero-order valence-corrected chi connectivity index (χ0v) is 15.8. The Balaban J connectivity index is 1.73. The Bertz CT molecular complexity index is 1020. The van der Waals surface area contributed by atoms with E-state index in [0.29, 0.717) is 17.9 Å². The molecule has 3 aromatic rings. The number of fused-ring (bicyclic) bond motifs is 1. The highest BCUT2D eigenvalue weighted by Crippen LogP contribution is 2.31. The largest absolute Gasteiger partial charge is 0.336 e. The second kappa shape index (κ2) is 7.58. The summed E-state index contributed by atoms with van der Waals surface area (Å²) in [6.45, 7) is 2.42. The number of carbonyl (C=O) groups excluding carboxylic acids is 1. The van der Waals surface area contributed by atoms with Gasteiger partial charge < -0.3 is 9.88 Å². The summed E-state index contributed by atoms with van der Waals surface area (Å²) in [5.41, 5.74) is 5.33. The van der Waals surface area contributed by atoms with Crippen molar-refractivity contribution in [2.75, 3.05) is 5.32 Å². The van der Waals surface area contributed by atoms with Crippen molar-refractivity contribution in [2.45, 2.75) is 39.2 Å². The summed E-state index contributed by atoms with van der Waals surface area (Å²) in [6.07, 6.45) is 4.05. The van der Waals surface area contributed by atoms with E-state index in [1.54, 1.807) is 18.2 Å². The number of amides is 1. The van der Waals surface area contributed by atoms with Crippen molar-refractivity contribution in [2.24, 2.45) is 0 Å². The summed E-state index contributed by atoms with van der Waals surface area (Å²) in [4.78, 5) is 13.1. The molecule has 1 aromatic heterocycles. The normalized spacial score (nSPS) is 13.2. The molecule has 144 valence electrons. The highest BCUT2D eigenvalue weighted by atomic mass is 19.1. The first kappa shape index (κ1) is 18.4. The van der Waals surface area contributed by atoms with Crippen LogP contribution in [0.4, 0.5) is 14.5 Å². The zero-order chi connectivity index (χ0) is 19.7. The molecule has 3 nitrogen and oxygen atoms in total. The molecule has 0 radical (unpaired) electrons. The summed E-state index contributed by atoms with van der Waals surface area (Å²) >= 11 is 0. The first-order valence-electron chi connectivity index (χ1n) is 9.55. The Morgan fingerprint density at radius 1 is 1.04 bits per heavy atom. The van der Waals surface area contributed by atoms with E-state index in [0.717, 1.165) is 42.5 Å². The molecule has 5 heteroatoms. The molecule has 0 atom stereocenters. The van der Waals surface area contributed by atoms with Gasteiger partial charge in [-0.05, 0) is 85.7 Å². The van der Waals surface area contributed by atoms with Gasteiger partial charge >= 0.3 is 0 Å². The molecular weight excluding hydrogens is 358 g/mol. The Morgan fingerprint density at radius 3 is 2.54 bits per heavy atom. The lowest BCUT2D eigenvalue weighted by atomic mass is 9.95. The van der Waals surface area contributed by atoms with Gasteiger partial charge in [-0.2, -0.15) is 0 Å². The summed E-state index contributed by atoms with van der Waals surface area (Å²) in [7, 11) is 0. The first-order chi connectivity index (χ1) is 13.5. The molecule has 0 bridgehead atoms. The minimum Gasteiger partial charge on any atom is -0.336 e. The molecule has 1 N–H and O–H groups in total. The number of halogens is 2. The molecular formula is C23H22F2N2O. The molecule has 2 aromatic carbocycles. The van der Waals surface area contributed by atoms with Crippen molar-refractivity contribution in [3.63, 3.8) is 0 Å². The fourth-order valence-corrected chi connectivity index (χ4v) is 4.08. The van der Waals surface area contributed by atoms with Crippen molar-refractivity contribution < 1.29 is 13.6 Å². The number of benzene rings is 2. The lowest BCUT2D eigenvalue weighted by Gasteiger charge is -2.17. The maximum atomic E-state index is 13.7. The van der Waals surface area contributed by atoms with Gasteiger partial charge in [-0.25, -0.2) is 8.78 Å². The molecule has 28 heavy (non-hydrogen) atoms. The average Bonchev–Trinajstić information content (AvgIpc) is 2.96. The Kier molecular flexibility index (Phi) is 4.99. The van der Waals surface area contributed by atoms with Crippen molar-refractivity contribution in [3.8, 4) is 0 Å². The molecule has 1 aliphatic rings. The lowest BCUT2D eigenvalue weighted by molar-refractivity contribution is 0.101. The van der Waals surface area contributed by atoms with Gasteiger partial charge in [-0.15, -0.1) is 0 Å². The van der Waals surface area contributed by atoms with Crippen LogP contribution in [0.3, 0.4) is 0 Å². The van der Waals surface area contributed by atoms with Crippen molar-refractivity contribution in [1.82, 2.24) is 4.57 Å². The monoisotopic (exact) mass is 380 g/mol. The number of hydrogen-bond donors (Lipinski definition) is 1. The Labute approximate surface area is 163 Å². The summed E-state index contributed by atoms with van der Waals surface area (Å²) in [5.74, 6) is -0.860. The van der Waals surface area contributed by atoms with Crippen molar-refractivity contribution in [1.29, 1.82) is 0 Å². The third-order valence-electron chi connectivity index (χ3n) is 5.39. The van der Waals surface area contributed by atoms with Gasteiger partial charge in [-0.3, -0.25) is 4.79 Å². The van der Waals surface area contributed by atoms with Gasteiger partial charge in [-0.1, -0.05) is 12.1 Å². The van der Waals surface area contributed by atoms with E-state index >= 15 is 0 Å². The van der Waals surface area contributed by atoms with Crippen LogP contribution < -0.4 is 5.32 Å². The van der Waals surface area contributed by atoms with Crippen LogP contribution >= 0.6 is 0 Å². The van der Waals surface area contributed by atoms with Crippen molar-refractivity contribution in [3.05, 3.63) is 88.2 Å². The van der Waals surface area contributed by atoms with Crippen LogP contribution in [0.15, 0.2) is 48.5 Å². The Hall–Kier alpha value is -2.95. The van der Waals surface area contributed by atoms with E-state index < -0.39 is 0 Å². The maximum absolute atomic E-state index is 13.7. The fourth-order valence-electron chi connectivity index (χ4n) is 4.08. The van der Waals surface area contributed by atoms with E-state index in [1.165, 1.54) is 29.8 Å². The molecule has 0 unspecified atom stereocenters. The minimum absolute atomic E-state index is 0.227.